The molecule has 2 fully saturated rings. The monoisotopic (exact) mass is 309 g/mol. The first-order valence-corrected chi connectivity index (χ1v) is 8.77. The molecule has 2 aliphatic rings. The van der Waals surface area contributed by atoms with Crippen molar-refractivity contribution < 1.29 is 9.59 Å². The maximum absolute atomic E-state index is 12.7. The van der Waals surface area contributed by atoms with Crippen LogP contribution in [0.3, 0.4) is 0 Å². The first-order chi connectivity index (χ1) is 10.5. The summed E-state index contributed by atoms with van der Waals surface area (Å²) < 4.78 is 0. The molecule has 1 aliphatic carbocycles. The summed E-state index contributed by atoms with van der Waals surface area (Å²) in [6.07, 6.45) is 8.61. The summed E-state index contributed by atoms with van der Waals surface area (Å²) in [7, 11) is 0. The molecule has 2 rings (SSSR count). The molecule has 5 nitrogen and oxygen atoms in total. The molecule has 0 spiro atoms. The van der Waals surface area contributed by atoms with E-state index in [1.54, 1.807) is 6.92 Å². The number of carbonyl (C=O) groups excluding carboxylic acids is 2. The Hall–Kier alpha value is -1.10. The number of amides is 2. The fourth-order valence-corrected chi connectivity index (χ4v) is 3.93. The zero-order chi connectivity index (χ0) is 16.0. The van der Waals surface area contributed by atoms with Gasteiger partial charge in [-0.3, -0.25) is 9.59 Å². The van der Waals surface area contributed by atoms with Crippen LogP contribution < -0.4 is 11.1 Å². The van der Waals surface area contributed by atoms with E-state index in [0.717, 1.165) is 38.8 Å². The second-order valence-corrected chi connectivity index (χ2v) is 7.23. The van der Waals surface area contributed by atoms with Gasteiger partial charge < -0.3 is 16.0 Å². The van der Waals surface area contributed by atoms with Crippen LogP contribution in [-0.2, 0) is 9.59 Å². The molecular weight excluding hydrogens is 278 g/mol. The molecular formula is C17H31N3O2. The molecule has 0 bridgehead atoms. The van der Waals surface area contributed by atoms with Crippen molar-refractivity contribution in [1.29, 1.82) is 0 Å². The van der Waals surface area contributed by atoms with Gasteiger partial charge in [0.15, 0.2) is 0 Å². The summed E-state index contributed by atoms with van der Waals surface area (Å²) in [5, 5.41) is 2.88. The van der Waals surface area contributed by atoms with Crippen molar-refractivity contribution in [2.24, 2.45) is 17.1 Å². The Balaban J connectivity index is 1.86. The third kappa shape index (κ3) is 4.70. The topological polar surface area (TPSA) is 75.4 Å². The Morgan fingerprint density at radius 3 is 2.59 bits per heavy atom. The van der Waals surface area contributed by atoms with Gasteiger partial charge in [0.05, 0.1) is 0 Å². The molecule has 1 heterocycles. The number of piperidine rings is 1. The van der Waals surface area contributed by atoms with Gasteiger partial charge in [-0.05, 0) is 43.6 Å². The zero-order valence-corrected chi connectivity index (χ0v) is 13.9. The van der Waals surface area contributed by atoms with Crippen LogP contribution in [0.5, 0.6) is 0 Å². The van der Waals surface area contributed by atoms with Crippen molar-refractivity contribution in [2.75, 3.05) is 26.2 Å². The van der Waals surface area contributed by atoms with Gasteiger partial charge in [-0.15, -0.1) is 0 Å². The van der Waals surface area contributed by atoms with Gasteiger partial charge >= 0.3 is 0 Å². The van der Waals surface area contributed by atoms with E-state index in [4.69, 9.17) is 5.73 Å². The number of nitrogens with one attached hydrogen (secondary N) is 1. The number of rotatable bonds is 5. The Kier molecular flexibility index (Phi) is 6.24. The molecule has 1 unspecified atom stereocenters. The van der Waals surface area contributed by atoms with Crippen LogP contribution in [0.25, 0.3) is 0 Å². The van der Waals surface area contributed by atoms with Crippen molar-refractivity contribution >= 4 is 11.8 Å². The van der Waals surface area contributed by atoms with E-state index in [9.17, 15) is 9.59 Å². The van der Waals surface area contributed by atoms with E-state index in [1.165, 1.54) is 19.3 Å². The average molecular weight is 309 g/mol. The second kappa shape index (κ2) is 7.95. The summed E-state index contributed by atoms with van der Waals surface area (Å²) >= 11 is 0. The van der Waals surface area contributed by atoms with E-state index >= 15 is 0 Å². The predicted octanol–water partition coefficient (Wildman–Crippen LogP) is 1.66. The highest BCUT2D eigenvalue weighted by Crippen LogP contribution is 2.39. The number of hydrogen-bond donors (Lipinski definition) is 2. The lowest BCUT2D eigenvalue weighted by Crippen LogP contribution is -2.46. The Morgan fingerprint density at radius 2 is 1.95 bits per heavy atom. The highest BCUT2D eigenvalue weighted by Gasteiger charge is 2.35. The predicted molar refractivity (Wildman–Crippen MR) is 87.2 cm³/mol. The van der Waals surface area contributed by atoms with Crippen LogP contribution in [0.15, 0.2) is 0 Å². The number of hydrogen-bond acceptors (Lipinski definition) is 3. The van der Waals surface area contributed by atoms with E-state index in [0.29, 0.717) is 25.4 Å². The summed E-state index contributed by atoms with van der Waals surface area (Å²) in [5.41, 5.74) is 6.05. The van der Waals surface area contributed by atoms with Gasteiger partial charge in [0.2, 0.25) is 11.8 Å². The van der Waals surface area contributed by atoms with Crippen LogP contribution >= 0.6 is 0 Å². The minimum absolute atomic E-state index is 0.00717. The largest absolute Gasteiger partial charge is 0.356 e. The molecule has 0 radical (unpaired) electrons. The molecule has 22 heavy (non-hydrogen) atoms. The summed E-state index contributed by atoms with van der Waals surface area (Å²) in [6, 6.07) is 0. The number of nitrogens with two attached hydrogens (primary N) is 1. The SMILES string of the molecule is CC(=O)NCC1CCCN(C(=O)CC2(CN)CCCCC2)C1. The van der Waals surface area contributed by atoms with Crippen molar-refractivity contribution in [3.05, 3.63) is 0 Å². The van der Waals surface area contributed by atoms with Crippen LogP contribution in [0.1, 0.15) is 58.3 Å². The first kappa shape index (κ1) is 17.3. The van der Waals surface area contributed by atoms with Gasteiger partial charge in [-0.25, -0.2) is 0 Å². The second-order valence-electron chi connectivity index (χ2n) is 7.23. The van der Waals surface area contributed by atoms with Gasteiger partial charge in [-0.1, -0.05) is 19.3 Å². The maximum Gasteiger partial charge on any atom is 0.223 e. The fraction of sp³-hybridized carbons (Fsp3) is 0.882. The highest BCUT2D eigenvalue weighted by molar-refractivity contribution is 5.77. The van der Waals surface area contributed by atoms with Crippen LogP contribution in [0.2, 0.25) is 0 Å². The highest BCUT2D eigenvalue weighted by atomic mass is 16.2. The van der Waals surface area contributed by atoms with Crippen LogP contribution in [0, 0.1) is 11.3 Å². The third-order valence-electron chi connectivity index (χ3n) is 5.38. The van der Waals surface area contributed by atoms with Crippen LogP contribution in [-0.4, -0.2) is 42.9 Å². The molecule has 1 saturated heterocycles. The molecule has 3 N–H and O–H groups in total. The van der Waals surface area contributed by atoms with Crippen molar-refractivity contribution in [2.45, 2.75) is 58.3 Å². The third-order valence-corrected chi connectivity index (χ3v) is 5.38. The fourth-order valence-electron chi connectivity index (χ4n) is 3.93. The molecule has 1 aliphatic heterocycles. The number of carbonyl (C=O) groups is 2. The van der Waals surface area contributed by atoms with Crippen LogP contribution in [0.4, 0.5) is 0 Å². The first-order valence-electron chi connectivity index (χ1n) is 8.77. The van der Waals surface area contributed by atoms with Gasteiger partial charge in [-0.2, -0.15) is 0 Å². The summed E-state index contributed by atoms with van der Waals surface area (Å²) in [5.74, 6) is 0.661. The smallest absolute Gasteiger partial charge is 0.223 e. The summed E-state index contributed by atoms with van der Waals surface area (Å²) in [6.45, 7) is 4.48. The van der Waals surface area contributed by atoms with Crippen molar-refractivity contribution in [3.63, 3.8) is 0 Å². The van der Waals surface area contributed by atoms with E-state index in [2.05, 4.69) is 5.32 Å². The zero-order valence-electron chi connectivity index (χ0n) is 13.9. The Labute approximate surface area is 134 Å². The Morgan fingerprint density at radius 1 is 1.23 bits per heavy atom. The minimum Gasteiger partial charge on any atom is -0.356 e. The van der Waals surface area contributed by atoms with E-state index in [1.807, 2.05) is 4.90 Å². The minimum atomic E-state index is 0.00717. The number of nitrogens with zero attached hydrogens (tertiary/aromatic N) is 1. The molecule has 0 aromatic heterocycles. The molecule has 126 valence electrons. The molecule has 0 aromatic rings. The van der Waals surface area contributed by atoms with Gasteiger partial charge in [0, 0.05) is 33.0 Å². The Bertz CT molecular complexity index is 391. The average Bonchev–Trinajstić information content (AvgIpc) is 2.54. The maximum atomic E-state index is 12.7. The van der Waals surface area contributed by atoms with Gasteiger partial charge in [0.25, 0.3) is 0 Å². The molecule has 1 saturated carbocycles. The standard InChI is InChI=1S/C17H31N3O2/c1-14(21)19-11-15-6-5-9-20(12-15)16(22)10-17(13-18)7-3-2-4-8-17/h15H,2-13,18H2,1H3,(H,19,21). The molecule has 0 aromatic carbocycles. The number of likely N-dealkylation sites (tertiary alicyclic amines) is 1. The van der Waals surface area contributed by atoms with Crippen molar-refractivity contribution in [1.82, 2.24) is 10.2 Å². The van der Waals surface area contributed by atoms with Gasteiger partial charge in [0.1, 0.15) is 0 Å². The lowest BCUT2D eigenvalue weighted by molar-refractivity contribution is -0.136. The normalized spacial score (nSPS) is 24.8. The molecule has 2 amide bonds. The van der Waals surface area contributed by atoms with E-state index in [-0.39, 0.29) is 17.2 Å². The van der Waals surface area contributed by atoms with Crippen molar-refractivity contribution in [3.8, 4) is 0 Å². The van der Waals surface area contributed by atoms with E-state index < -0.39 is 0 Å². The molecule has 5 heteroatoms. The quantitative estimate of drug-likeness (QED) is 0.811. The lowest BCUT2D eigenvalue weighted by atomic mass is 9.71. The molecule has 1 atom stereocenters. The summed E-state index contributed by atoms with van der Waals surface area (Å²) in [4.78, 5) is 25.7. The lowest BCUT2D eigenvalue weighted by Gasteiger charge is -2.39.